The highest BCUT2D eigenvalue weighted by atomic mass is 19.1. The van der Waals surface area contributed by atoms with E-state index in [0.717, 1.165) is 57.7 Å². The maximum atomic E-state index is 16.2. The van der Waals surface area contributed by atoms with Gasteiger partial charge in [-0.2, -0.15) is 0 Å². The molecule has 0 radical (unpaired) electrons. The molecule has 0 saturated heterocycles. The molecule has 0 heterocycles. The molecule has 1 fully saturated rings. The monoisotopic (exact) mass is 950 g/mol. The van der Waals surface area contributed by atoms with Crippen LogP contribution < -0.4 is 10.5 Å². The first-order valence-corrected chi connectivity index (χ1v) is 24.6. The number of halogens is 1. The Morgan fingerprint density at radius 1 is 0.623 bits per heavy atom. The largest absolute Gasteiger partial charge is 0.492 e. The van der Waals surface area contributed by atoms with E-state index in [-0.39, 0.29) is 55.6 Å². The Labute approximate surface area is 410 Å². The zero-order valence-electron chi connectivity index (χ0n) is 42.2. The maximum Gasteiger partial charge on any atom is 0.333 e. The minimum absolute atomic E-state index is 0.142. The summed E-state index contributed by atoms with van der Waals surface area (Å²) in [4.78, 5) is 50.6. The van der Waals surface area contributed by atoms with E-state index in [2.05, 4.69) is 58.4 Å². The van der Waals surface area contributed by atoms with Crippen molar-refractivity contribution in [3.8, 4) is 28.0 Å². The smallest absolute Gasteiger partial charge is 0.333 e. The van der Waals surface area contributed by atoms with E-state index in [0.29, 0.717) is 61.5 Å². The molecular formula is C58H76FNO9. The Kier molecular flexibility index (Phi) is 22.1. The number of hydrogen-bond donors (Lipinski definition) is 1. The van der Waals surface area contributed by atoms with Gasteiger partial charge in [0, 0.05) is 27.9 Å². The van der Waals surface area contributed by atoms with Crippen LogP contribution in [0.3, 0.4) is 0 Å². The molecule has 69 heavy (non-hydrogen) atoms. The number of nitrogens with two attached hydrogens (primary N) is 1. The van der Waals surface area contributed by atoms with E-state index < -0.39 is 29.3 Å². The van der Waals surface area contributed by atoms with Crippen molar-refractivity contribution in [1.82, 2.24) is 0 Å². The summed E-state index contributed by atoms with van der Waals surface area (Å²) in [5.41, 5.74) is 12.4. The molecule has 374 valence electrons. The predicted molar refractivity (Wildman–Crippen MR) is 272 cm³/mol. The summed E-state index contributed by atoms with van der Waals surface area (Å²) < 4.78 is 45.3. The third-order valence-electron chi connectivity index (χ3n) is 12.8. The number of rotatable bonds is 28. The molecular weight excluding hydrogens is 874 g/mol. The first kappa shape index (κ1) is 55.8. The second-order valence-electron chi connectivity index (χ2n) is 19.1. The fourth-order valence-electron chi connectivity index (χ4n) is 8.61. The van der Waals surface area contributed by atoms with Gasteiger partial charge in [-0.3, -0.25) is 0 Å². The summed E-state index contributed by atoms with van der Waals surface area (Å²) in [5, 5.41) is 0. The fraction of sp³-hybridized carbons (Fsp3) is 0.483. The van der Waals surface area contributed by atoms with Crippen molar-refractivity contribution in [3.05, 3.63) is 125 Å². The molecule has 1 aliphatic carbocycles. The van der Waals surface area contributed by atoms with Gasteiger partial charge in [0.2, 0.25) is 0 Å². The van der Waals surface area contributed by atoms with E-state index in [9.17, 15) is 19.2 Å². The summed E-state index contributed by atoms with van der Waals surface area (Å²) in [6.07, 6.45) is 12.5. The molecule has 10 nitrogen and oxygen atoms in total. The summed E-state index contributed by atoms with van der Waals surface area (Å²) >= 11 is 0. The van der Waals surface area contributed by atoms with Crippen LogP contribution in [0.15, 0.2) is 97.1 Å². The molecule has 4 rings (SSSR count). The van der Waals surface area contributed by atoms with Crippen molar-refractivity contribution in [1.29, 1.82) is 0 Å². The SMILES string of the molecule is C=C(C)C(=O)OCCCc1cc(OCC(COC(=O)C(=C)C)(COC(=O)C(=C)C)COC(=O)C(=C)C)c(CCCN)cc1-c1ccc(-c2ccc(C3CCC(CCCCC)CC3)cc2F)c(CC)c1. The Hall–Kier alpha value is -5.81. The van der Waals surface area contributed by atoms with Crippen molar-refractivity contribution in [2.24, 2.45) is 17.1 Å². The Balaban J connectivity index is 1.77. The Bertz CT molecular complexity index is 2250. The molecule has 0 spiro atoms. The molecule has 0 amide bonds. The molecule has 1 aliphatic rings. The highest BCUT2D eigenvalue weighted by Crippen LogP contribution is 2.41. The van der Waals surface area contributed by atoms with Crippen LogP contribution in [0.2, 0.25) is 0 Å². The number of hydrogen-bond acceptors (Lipinski definition) is 10. The quantitative estimate of drug-likeness (QED) is 0.0324. The van der Waals surface area contributed by atoms with E-state index >= 15 is 4.39 Å². The molecule has 2 N–H and O–H groups in total. The second kappa shape index (κ2) is 27.4. The zero-order chi connectivity index (χ0) is 50.7. The number of aryl methyl sites for hydroxylation is 3. The summed E-state index contributed by atoms with van der Waals surface area (Å²) in [5.74, 6) is -1.14. The molecule has 1 saturated carbocycles. The number of carbonyl (C=O) groups is 4. The minimum atomic E-state index is -1.39. The van der Waals surface area contributed by atoms with Crippen LogP contribution in [0.1, 0.15) is 134 Å². The van der Waals surface area contributed by atoms with Crippen LogP contribution in [0.5, 0.6) is 5.75 Å². The topological polar surface area (TPSA) is 140 Å². The molecule has 11 heteroatoms. The van der Waals surface area contributed by atoms with Gasteiger partial charge in [-0.05, 0) is 161 Å². The van der Waals surface area contributed by atoms with Gasteiger partial charge in [-0.25, -0.2) is 23.6 Å². The molecule has 0 atom stereocenters. The molecule has 0 aromatic heterocycles. The van der Waals surface area contributed by atoms with Crippen LogP contribution in [-0.4, -0.2) is 63.5 Å². The van der Waals surface area contributed by atoms with Gasteiger partial charge in [-0.1, -0.05) is 96.2 Å². The maximum absolute atomic E-state index is 16.2. The van der Waals surface area contributed by atoms with E-state index in [1.54, 1.807) is 13.0 Å². The lowest BCUT2D eigenvalue weighted by Gasteiger charge is -2.32. The number of benzene rings is 3. The number of unbranched alkanes of at least 4 members (excludes halogenated alkanes) is 2. The molecule has 0 unspecified atom stereocenters. The van der Waals surface area contributed by atoms with Crippen LogP contribution in [0.25, 0.3) is 22.3 Å². The minimum Gasteiger partial charge on any atom is -0.492 e. The lowest BCUT2D eigenvalue weighted by atomic mass is 9.77. The first-order chi connectivity index (χ1) is 32.9. The van der Waals surface area contributed by atoms with Crippen molar-refractivity contribution >= 4 is 23.9 Å². The van der Waals surface area contributed by atoms with E-state index in [1.165, 1.54) is 59.3 Å². The van der Waals surface area contributed by atoms with E-state index in [4.69, 9.17) is 29.4 Å². The number of carbonyl (C=O) groups excluding carboxylic acids is 4. The summed E-state index contributed by atoms with van der Waals surface area (Å²) in [6.45, 7) is 24.4. The predicted octanol–water partition coefficient (Wildman–Crippen LogP) is 12.2. The van der Waals surface area contributed by atoms with Gasteiger partial charge < -0.3 is 29.4 Å². The van der Waals surface area contributed by atoms with Gasteiger partial charge >= 0.3 is 23.9 Å². The van der Waals surface area contributed by atoms with Crippen molar-refractivity contribution in [3.63, 3.8) is 0 Å². The lowest BCUT2D eigenvalue weighted by Crippen LogP contribution is -2.44. The van der Waals surface area contributed by atoms with Crippen molar-refractivity contribution in [2.75, 3.05) is 39.6 Å². The van der Waals surface area contributed by atoms with Crippen LogP contribution >= 0.6 is 0 Å². The first-order valence-electron chi connectivity index (χ1n) is 24.6. The standard InChI is InChI=1S/C58H76FNO9/c1-11-13-14-17-42-20-22-44(23-21-42)45-24-27-50(52(59)32-45)49-26-25-47(30-43(49)12-2)51-31-48(18-15-28-60)53(33-46(51)19-16-29-65-54(61)38(3)4)66-34-58(35-67-55(62)39(5)6,36-68-56(63)40(7)8)37-69-57(64)41(9)10/h24-27,30-33,42,44H,3,5,7,9,11-23,28-29,34-37,60H2,1-2,4,6,8,10H3. The summed E-state index contributed by atoms with van der Waals surface area (Å²) in [7, 11) is 0. The Morgan fingerprint density at radius 3 is 1.72 bits per heavy atom. The van der Waals surface area contributed by atoms with Gasteiger partial charge in [0.15, 0.2) is 0 Å². The van der Waals surface area contributed by atoms with Crippen LogP contribution in [0.4, 0.5) is 4.39 Å². The van der Waals surface area contributed by atoms with Crippen molar-refractivity contribution < 1.29 is 47.3 Å². The third-order valence-corrected chi connectivity index (χ3v) is 12.8. The van der Waals surface area contributed by atoms with Gasteiger partial charge in [-0.15, -0.1) is 0 Å². The lowest BCUT2D eigenvalue weighted by molar-refractivity contribution is -0.159. The molecule has 3 aromatic rings. The normalized spacial score (nSPS) is 14.6. The zero-order valence-corrected chi connectivity index (χ0v) is 42.2. The molecule has 0 aliphatic heterocycles. The molecule has 0 bridgehead atoms. The average Bonchev–Trinajstić information content (AvgIpc) is 3.33. The molecule has 3 aromatic carbocycles. The second-order valence-corrected chi connectivity index (χ2v) is 19.1. The van der Waals surface area contributed by atoms with Gasteiger partial charge in [0.1, 0.15) is 43.4 Å². The van der Waals surface area contributed by atoms with E-state index in [1.807, 2.05) is 24.3 Å². The highest BCUT2D eigenvalue weighted by Gasteiger charge is 2.38. The van der Waals surface area contributed by atoms with Crippen molar-refractivity contribution in [2.45, 2.75) is 131 Å². The summed E-state index contributed by atoms with van der Waals surface area (Å²) in [6, 6.07) is 15.9. The average molecular weight is 950 g/mol. The van der Waals surface area contributed by atoms with Crippen LogP contribution in [0, 0.1) is 17.2 Å². The van der Waals surface area contributed by atoms with Gasteiger partial charge in [0.05, 0.1) is 6.61 Å². The van der Waals surface area contributed by atoms with Gasteiger partial charge in [0.25, 0.3) is 0 Å². The third kappa shape index (κ3) is 16.7. The number of ether oxygens (including phenoxy) is 5. The fourth-order valence-corrected chi connectivity index (χ4v) is 8.61. The van der Waals surface area contributed by atoms with Crippen LogP contribution in [-0.2, 0) is 57.4 Å². The Morgan fingerprint density at radius 2 is 1.19 bits per heavy atom. The number of esters is 4. The highest BCUT2D eigenvalue weighted by molar-refractivity contribution is 5.88.